The molecular weight excluding hydrogens is 296 g/mol. The average Bonchev–Trinajstić information content (AvgIpc) is 2.96. The molecule has 3 rings (SSSR count). The second-order valence-electron chi connectivity index (χ2n) is 5.00. The number of halogens is 2. The Morgan fingerprint density at radius 3 is 2.76 bits per heavy atom. The van der Waals surface area contributed by atoms with E-state index in [1.165, 1.54) is 23.7 Å². The zero-order valence-corrected chi connectivity index (χ0v) is 12.4. The lowest BCUT2D eigenvalue weighted by Gasteiger charge is -2.31. The molecular formula is C14H15F2N3OS. The van der Waals surface area contributed by atoms with Gasteiger partial charge in [-0.1, -0.05) is 0 Å². The summed E-state index contributed by atoms with van der Waals surface area (Å²) in [6.07, 6.45) is 2.26. The molecule has 1 aliphatic rings. The Morgan fingerprint density at radius 1 is 1.29 bits per heavy atom. The van der Waals surface area contributed by atoms with E-state index in [9.17, 15) is 8.78 Å². The standard InChI is InChI=1S/C14H15F2N3OS/c1-20-12-3-2-4-19(8-12)14-17-13(18-21-14)9-5-10(15)7-11(16)6-9/h5-7,12H,2-4,8H2,1H3. The van der Waals surface area contributed by atoms with Gasteiger partial charge in [-0.05, 0) is 25.0 Å². The predicted octanol–water partition coefficient (Wildman–Crippen LogP) is 3.10. The van der Waals surface area contributed by atoms with Gasteiger partial charge >= 0.3 is 0 Å². The van der Waals surface area contributed by atoms with Crippen molar-refractivity contribution in [2.75, 3.05) is 25.1 Å². The van der Waals surface area contributed by atoms with Gasteiger partial charge in [-0.15, -0.1) is 0 Å². The molecule has 0 N–H and O–H groups in total. The molecule has 7 heteroatoms. The second kappa shape index (κ2) is 6.03. The Bertz CT molecular complexity index is 614. The normalized spacial score (nSPS) is 19.0. The van der Waals surface area contributed by atoms with E-state index in [2.05, 4.69) is 14.3 Å². The summed E-state index contributed by atoms with van der Waals surface area (Å²) < 4.78 is 36.1. The van der Waals surface area contributed by atoms with Gasteiger partial charge in [0.15, 0.2) is 5.82 Å². The summed E-state index contributed by atoms with van der Waals surface area (Å²) in [6.45, 7) is 1.66. The number of anilines is 1. The maximum Gasteiger partial charge on any atom is 0.205 e. The first-order chi connectivity index (χ1) is 10.2. The molecule has 1 fully saturated rings. The molecule has 2 aromatic rings. The van der Waals surface area contributed by atoms with Crippen LogP contribution in [0, 0.1) is 11.6 Å². The van der Waals surface area contributed by atoms with E-state index < -0.39 is 11.6 Å². The number of benzene rings is 1. The van der Waals surface area contributed by atoms with Crippen LogP contribution in [0.2, 0.25) is 0 Å². The van der Waals surface area contributed by atoms with Crippen molar-refractivity contribution in [3.8, 4) is 11.4 Å². The van der Waals surface area contributed by atoms with Crippen molar-refractivity contribution in [3.05, 3.63) is 29.8 Å². The van der Waals surface area contributed by atoms with Crippen LogP contribution in [0.15, 0.2) is 18.2 Å². The monoisotopic (exact) mass is 311 g/mol. The third-order valence-corrected chi connectivity index (χ3v) is 4.30. The minimum absolute atomic E-state index is 0.192. The zero-order chi connectivity index (χ0) is 14.8. The van der Waals surface area contributed by atoms with Crippen LogP contribution in [-0.4, -0.2) is 35.7 Å². The van der Waals surface area contributed by atoms with Crippen LogP contribution in [0.1, 0.15) is 12.8 Å². The highest BCUT2D eigenvalue weighted by molar-refractivity contribution is 7.09. The molecule has 1 atom stereocenters. The van der Waals surface area contributed by atoms with E-state index in [-0.39, 0.29) is 6.10 Å². The van der Waals surface area contributed by atoms with Gasteiger partial charge < -0.3 is 9.64 Å². The van der Waals surface area contributed by atoms with E-state index in [0.29, 0.717) is 11.4 Å². The topological polar surface area (TPSA) is 38.2 Å². The van der Waals surface area contributed by atoms with E-state index in [4.69, 9.17) is 4.74 Å². The van der Waals surface area contributed by atoms with Gasteiger partial charge in [0.25, 0.3) is 0 Å². The fourth-order valence-electron chi connectivity index (χ4n) is 2.45. The molecule has 1 aromatic heterocycles. The fraction of sp³-hybridized carbons (Fsp3) is 0.429. The molecule has 1 saturated heterocycles. The van der Waals surface area contributed by atoms with Crippen molar-refractivity contribution in [2.45, 2.75) is 18.9 Å². The summed E-state index contributed by atoms with van der Waals surface area (Å²) in [5.74, 6) is -0.898. The first kappa shape index (κ1) is 14.3. The SMILES string of the molecule is COC1CCCN(c2nc(-c3cc(F)cc(F)c3)ns2)C1. The van der Waals surface area contributed by atoms with Crippen molar-refractivity contribution in [3.63, 3.8) is 0 Å². The molecule has 0 radical (unpaired) electrons. The maximum atomic E-state index is 13.3. The van der Waals surface area contributed by atoms with Crippen molar-refractivity contribution in [1.29, 1.82) is 0 Å². The van der Waals surface area contributed by atoms with Crippen LogP contribution >= 0.6 is 11.5 Å². The molecule has 4 nitrogen and oxygen atoms in total. The number of hydrogen-bond donors (Lipinski definition) is 0. The fourth-order valence-corrected chi connectivity index (χ4v) is 3.17. The summed E-state index contributed by atoms with van der Waals surface area (Å²) in [6, 6.07) is 3.32. The molecule has 2 heterocycles. The Morgan fingerprint density at radius 2 is 2.05 bits per heavy atom. The highest BCUT2D eigenvalue weighted by Crippen LogP contribution is 2.27. The lowest BCUT2D eigenvalue weighted by atomic mass is 10.1. The number of methoxy groups -OCH3 is 1. The van der Waals surface area contributed by atoms with Crippen LogP contribution in [0.3, 0.4) is 0 Å². The molecule has 112 valence electrons. The number of nitrogens with zero attached hydrogens (tertiary/aromatic N) is 3. The summed E-state index contributed by atoms with van der Waals surface area (Å²) in [5.41, 5.74) is 0.357. The van der Waals surface area contributed by atoms with Crippen LogP contribution in [-0.2, 0) is 4.74 Å². The van der Waals surface area contributed by atoms with Gasteiger partial charge in [-0.2, -0.15) is 9.36 Å². The average molecular weight is 311 g/mol. The molecule has 0 spiro atoms. The number of piperidine rings is 1. The second-order valence-corrected chi connectivity index (χ2v) is 5.73. The molecule has 0 aliphatic carbocycles. The molecule has 0 bridgehead atoms. The summed E-state index contributed by atoms with van der Waals surface area (Å²) in [4.78, 5) is 6.51. The van der Waals surface area contributed by atoms with E-state index >= 15 is 0 Å². The Labute approximate surface area is 125 Å². The lowest BCUT2D eigenvalue weighted by molar-refractivity contribution is 0.0893. The number of ether oxygens (including phenoxy) is 1. The van der Waals surface area contributed by atoms with Gasteiger partial charge in [0.2, 0.25) is 5.13 Å². The Hall–Kier alpha value is -1.60. The van der Waals surface area contributed by atoms with Crippen molar-refractivity contribution in [1.82, 2.24) is 9.36 Å². The van der Waals surface area contributed by atoms with Crippen LogP contribution < -0.4 is 4.90 Å². The van der Waals surface area contributed by atoms with Gasteiger partial charge in [-0.3, -0.25) is 0 Å². The highest BCUT2D eigenvalue weighted by atomic mass is 32.1. The van der Waals surface area contributed by atoms with E-state index in [0.717, 1.165) is 37.1 Å². The van der Waals surface area contributed by atoms with Crippen molar-refractivity contribution in [2.24, 2.45) is 0 Å². The van der Waals surface area contributed by atoms with Crippen LogP contribution in [0.4, 0.5) is 13.9 Å². The first-order valence-corrected chi connectivity index (χ1v) is 7.51. The minimum atomic E-state index is -0.626. The van der Waals surface area contributed by atoms with Crippen molar-refractivity contribution < 1.29 is 13.5 Å². The summed E-state index contributed by atoms with van der Waals surface area (Å²) >= 11 is 1.24. The Balaban J connectivity index is 1.82. The van der Waals surface area contributed by atoms with Crippen LogP contribution in [0.25, 0.3) is 11.4 Å². The first-order valence-electron chi connectivity index (χ1n) is 6.73. The zero-order valence-electron chi connectivity index (χ0n) is 11.6. The van der Waals surface area contributed by atoms with Gasteiger partial charge in [0.1, 0.15) is 11.6 Å². The lowest BCUT2D eigenvalue weighted by Crippen LogP contribution is -2.39. The van der Waals surface area contributed by atoms with Gasteiger partial charge in [0, 0.05) is 43.4 Å². The quantitative estimate of drug-likeness (QED) is 0.873. The third kappa shape index (κ3) is 3.19. The molecule has 0 saturated carbocycles. The number of hydrogen-bond acceptors (Lipinski definition) is 5. The molecule has 1 aromatic carbocycles. The van der Waals surface area contributed by atoms with Gasteiger partial charge in [0.05, 0.1) is 6.10 Å². The van der Waals surface area contributed by atoms with Crippen LogP contribution in [0.5, 0.6) is 0 Å². The third-order valence-electron chi connectivity index (χ3n) is 3.52. The maximum absolute atomic E-state index is 13.3. The van der Waals surface area contributed by atoms with E-state index in [1.807, 2.05) is 0 Å². The molecule has 1 aliphatic heterocycles. The molecule has 1 unspecified atom stereocenters. The Kier molecular flexibility index (Phi) is 4.12. The number of aromatic nitrogens is 2. The molecule has 0 amide bonds. The van der Waals surface area contributed by atoms with Gasteiger partial charge in [-0.25, -0.2) is 8.78 Å². The minimum Gasteiger partial charge on any atom is -0.380 e. The smallest absolute Gasteiger partial charge is 0.205 e. The van der Waals surface area contributed by atoms with E-state index in [1.54, 1.807) is 7.11 Å². The number of rotatable bonds is 3. The van der Waals surface area contributed by atoms with Crippen molar-refractivity contribution >= 4 is 16.7 Å². The molecule has 21 heavy (non-hydrogen) atoms. The highest BCUT2D eigenvalue weighted by Gasteiger charge is 2.22. The largest absolute Gasteiger partial charge is 0.380 e. The predicted molar refractivity (Wildman–Crippen MR) is 77.5 cm³/mol. The summed E-state index contributed by atoms with van der Waals surface area (Å²) in [5, 5.41) is 0.761. The summed E-state index contributed by atoms with van der Waals surface area (Å²) in [7, 11) is 1.70.